The number of rotatable bonds is 4. The van der Waals surface area contributed by atoms with Crippen LogP contribution in [0.5, 0.6) is 11.5 Å². The van der Waals surface area contributed by atoms with E-state index in [4.69, 9.17) is 14.2 Å². The van der Waals surface area contributed by atoms with Gasteiger partial charge in [0.15, 0.2) is 11.5 Å². The minimum atomic E-state index is 0.229. The van der Waals surface area contributed by atoms with Gasteiger partial charge in [0.2, 0.25) is 12.7 Å². The van der Waals surface area contributed by atoms with Crippen LogP contribution in [0, 0.1) is 0 Å². The Morgan fingerprint density at radius 3 is 2.44 bits per heavy atom. The molecule has 2 saturated heterocycles. The molecule has 0 radical (unpaired) electrons. The van der Waals surface area contributed by atoms with Gasteiger partial charge in [0, 0.05) is 45.8 Å². The molecule has 136 valence electrons. The van der Waals surface area contributed by atoms with Crippen LogP contribution in [-0.2, 0) is 16.1 Å². The molecule has 3 aliphatic rings. The molecule has 25 heavy (non-hydrogen) atoms. The van der Waals surface area contributed by atoms with Gasteiger partial charge >= 0.3 is 0 Å². The van der Waals surface area contributed by atoms with Crippen molar-refractivity contribution in [2.75, 3.05) is 65.8 Å². The number of hydrogen-bond acceptors (Lipinski definition) is 6. The van der Waals surface area contributed by atoms with E-state index >= 15 is 0 Å². The van der Waals surface area contributed by atoms with Gasteiger partial charge in [-0.05, 0) is 17.7 Å². The summed E-state index contributed by atoms with van der Waals surface area (Å²) in [5.41, 5.74) is 1.24. The van der Waals surface area contributed by atoms with Gasteiger partial charge in [0.05, 0.1) is 19.8 Å². The van der Waals surface area contributed by atoms with Gasteiger partial charge in [0.25, 0.3) is 0 Å². The van der Waals surface area contributed by atoms with Gasteiger partial charge in [-0.3, -0.25) is 14.6 Å². The quantitative estimate of drug-likeness (QED) is 0.786. The van der Waals surface area contributed by atoms with Crippen molar-refractivity contribution in [2.45, 2.75) is 6.54 Å². The lowest BCUT2D eigenvalue weighted by Gasteiger charge is -2.36. The molecule has 0 aliphatic carbocycles. The summed E-state index contributed by atoms with van der Waals surface area (Å²) in [5.74, 6) is 1.90. The van der Waals surface area contributed by atoms with E-state index in [0.29, 0.717) is 26.6 Å². The Morgan fingerprint density at radius 2 is 1.64 bits per heavy atom. The van der Waals surface area contributed by atoms with Gasteiger partial charge in [-0.15, -0.1) is 0 Å². The second kappa shape index (κ2) is 7.59. The average molecular weight is 347 g/mol. The Hall–Kier alpha value is -1.83. The van der Waals surface area contributed by atoms with Crippen molar-refractivity contribution in [3.05, 3.63) is 23.8 Å². The molecule has 3 aliphatic heterocycles. The molecule has 1 aromatic carbocycles. The van der Waals surface area contributed by atoms with Crippen LogP contribution in [0.3, 0.4) is 0 Å². The summed E-state index contributed by atoms with van der Waals surface area (Å²) in [6.07, 6.45) is 0. The van der Waals surface area contributed by atoms with Gasteiger partial charge in [-0.25, -0.2) is 0 Å². The summed E-state index contributed by atoms with van der Waals surface area (Å²) in [7, 11) is 0. The smallest absolute Gasteiger partial charge is 0.236 e. The summed E-state index contributed by atoms with van der Waals surface area (Å²) < 4.78 is 16.1. The van der Waals surface area contributed by atoms with Crippen molar-refractivity contribution in [3.8, 4) is 11.5 Å². The topological polar surface area (TPSA) is 54.5 Å². The molecule has 0 saturated carbocycles. The monoisotopic (exact) mass is 347 g/mol. The Morgan fingerprint density at radius 1 is 0.920 bits per heavy atom. The first kappa shape index (κ1) is 16.6. The lowest BCUT2D eigenvalue weighted by molar-refractivity contribution is -0.136. The fourth-order valence-electron chi connectivity index (χ4n) is 3.51. The molecule has 0 aromatic heterocycles. The van der Waals surface area contributed by atoms with Crippen molar-refractivity contribution in [1.82, 2.24) is 14.7 Å². The van der Waals surface area contributed by atoms with Crippen LogP contribution < -0.4 is 9.47 Å². The van der Waals surface area contributed by atoms with Crippen molar-refractivity contribution < 1.29 is 19.0 Å². The molecule has 3 heterocycles. The van der Waals surface area contributed by atoms with Crippen LogP contribution in [0.4, 0.5) is 0 Å². The zero-order valence-corrected chi connectivity index (χ0v) is 14.5. The summed E-state index contributed by atoms with van der Waals surface area (Å²) in [6, 6.07) is 6.15. The predicted molar refractivity (Wildman–Crippen MR) is 91.7 cm³/mol. The van der Waals surface area contributed by atoms with E-state index in [2.05, 4.69) is 21.9 Å². The first-order valence-corrected chi connectivity index (χ1v) is 8.97. The molecular weight excluding hydrogens is 322 g/mol. The third-order valence-corrected chi connectivity index (χ3v) is 5.03. The number of benzene rings is 1. The number of hydrogen-bond donors (Lipinski definition) is 0. The molecule has 7 nitrogen and oxygen atoms in total. The number of carbonyl (C=O) groups excluding carboxylic acids is 1. The zero-order chi connectivity index (χ0) is 17.1. The lowest BCUT2D eigenvalue weighted by atomic mass is 10.1. The number of nitrogens with zero attached hydrogens (tertiary/aromatic N) is 3. The summed E-state index contributed by atoms with van der Waals surface area (Å²) in [4.78, 5) is 18.9. The van der Waals surface area contributed by atoms with E-state index in [-0.39, 0.29) is 5.91 Å². The van der Waals surface area contributed by atoms with Gasteiger partial charge in [0.1, 0.15) is 0 Å². The fraction of sp³-hybridized carbons (Fsp3) is 0.611. The molecule has 2 fully saturated rings. The molecule has 0 N–H and O–H groups in total. The number of amides is 1. The minimum Gasteiger partial charge on any atom is -0.454 e. The lowest BCUT2D eigenvalue weighted by Crippen LogP contribution is -2.51. The normalized spacial score (nSPS) is 21.5. The number of ether oxygens (including phenoxy) is 3. The number of carbonyl (C=O) groups is 1. The maximum Gasteiger partial charge on any atom is 0.236 e. The van der Waals surface area contributed by atoms with Gasteiger partial charge in [-0.1, -0.05) is 6.07 Å². The van der Waals surface area contributed by atoms with Crippen LogP contribution >= 0.6 is 0 Å². The fourth-order valence-corrected chi connectivity index (χ4v) is 3.51. The summed E-state index contributed by atoms with van der Waals surface area (Å²) in [5, 5.41) is 0. The molecule has 0 spiro atoms. The van der Waals surface area contributed by atoms with E-state index < -0.39 is 0 Å². The van der Waals surface area contributed by atoms with Gasteiger partial charge < -0.3 is 19.1 Å². The van der Waals surface area contributed by atoms with Crippen LogP contribution in [0.1, 0.15) is 5.56 Å². The van der Waals surface area contributed by atoms with Gasteiger partial charge in [-0.2, -0.15) is 0 Å². The first-order chi connectivity index (χ1) is 12.3. The molecule has 0 unspecified atom stereocenters. The second-order valence-corrected chi connectivity index (χ2v) is 6.73. The van der Waals surface area contributed by atoms with E-state index in [0.717, 1.165) is 57.3 Å². The van der Waals surface area contributed by atoms with Crippen molar-refractivity contribution in [1.29, 1.82) is 0 Å². The first-order valence-electron chi connectivity index (χ1n) is 8.97. The van der Waals surface area contributed by atoms with E-state index in [1.54, 1.807) is 0 Å². The third kappa shape index (κ3) is 4.05. The van der Waals surface area contributed by atoms with Crippen LogP contribution in [-0.4, -0.2) is 86.4 Å². The molecule has 7 heteroatoms. The van der Waals surface area contributed by atoms with Crippen LogP contribution in [0.2, 0.25) is 0 Å². The van der Waals surface area contributed by atoms with Crippen LogP contribution in [0.25, 0.3) is 0 Å². The third-order valence-electron chi connectivity index (χ3n) is 5.03. The molecule has 0 bridgehead atoms. The predicted octanol–water partition coefficient (Wildman–Crippen LogP) is 0.392. The summed E-state index contributed by atoms with van der Waals surface area (Å²) >= 11 is 0. The van der Waals surface area contributed by atoms with E-state index in [9.17, 15) is 4.79 Å². The minimum absolute atomic E-state index is 0.229. The summed E-state index contributed by atoms with van der Waals surface area (Å²) in [6.45, 7) is 8.33. The maximum atomic E-state index is 12.3. The molecule has 0 atom stereocenters. The van der Waals surface area contributed by atoms with E-state index in [1.165, 1.54) is 5.56 Å². The van der Waals surface area contributed by atoms with Crippen molar-refractivity contribution in [3.63, 3.8) is 0 Å². The Bertz CT molecular complexity index is 610. The highest BCUT2D eigenvalue weighted by Gasteiger charge is 2.23. The average Bonchev–Trinajstić information content (AvgIpc) is 3.12. The van der Waals surface area contributed by atoms with Crippen molar-refractivity contribution in [2.24, 2.45) is 0 Å². The molecule has 1 amide bonds. The Kier molecular flexibility index (Phi) is 5.05. The number of fused-ring (bicyclic) bond motifs is 1. The Balaban J connectivity index is 1.23. The molecule has 1 aromatic rings. The highest BCUT2D eigenvalue weighted by molar-refractivity contribution is 5.78. The number of morpholine rings is 1. The zero-order valence-electron chi connectivity index (χ0n) is 14.5. The Labute approximate surface area is 148 Å². The largest absolute Gasteiger partial charge is 0.454 e. The van der Waals surface area contributed by atoms with Crippen LogP contribution in [0.15, 0.2) is 18.2 Å². The second-order valence-electron chi connectivity index (χ2n) is 6.73. The molecule has 4 rings (SSSR count). The molecular formula is C18H25N3O4. The highest BCUT2D eigenvalue weighted by Crippen LogP contribution is 2.32. The van der Waals surface area contributed by atoms with Crippen molar-refractivity contribution >= 4 is 5.91 Å². The van der Waals surface area contributed by atoms with E-state index in [1.807, 2.05) is 11.0 Å². The highest BCUT2D eigenvalue weighted by atomic mass is 16.7. The SMILES string of the molecule is O=C(CN1CCN(Cc2ccc3c(c2)OCO3)CC1)N1CCOCC1. The standard InChI is InChI=1S/C18H25N3O4/c22-18(21-7-9-23-10-8-21)13-20-5-3-19(4-6-20)12-15-1-2-16-17(11-15)25-14-24-16/h1-2,11H,3-10,12-14H2. The number of piperazine rings is 1. The maximum absolute atomic E-state index is 12.3.